The molecule has 2 heterocycles. The molecule has 0 spiro atoms. The summed E-state index contributed by atoms with van der Waals surface area (Å²) in [6.45, 7) is 6.56. The van der Waals surface area contributed by atoms with Crippen LogP contribution in [0.3, 0.4) is 0 Å². The minimum absolute atomic E-state index is 0.261. The minimum atomic E-state index is 0.261. The maximum Gasteiger partial charge on any atom is 0.224 e. The first-order valence-corrected chi connectivity index (χ1v) is 7.29. The summed E-state index contributed by atoms with van der Waals surface area (Å²) in [5.41, 5.74) is 0.500. The van der Waals surface area contributed by atoms with Gasteiger partial charge in [-0.25, -0.2) is 4.98 Å². The molecule has 100 valence electrons. The van der Waals surface area contributed by atoms with Crippen molar-refractivity contribution in [2.75, 3.05) is 18.0 Å². The van der Waals surface area contributed by atoms with E-state index in [2.05, 4.69) is 28.7 Å². The molecule has 0 atom stereocenters. The van der Waals surface area contributed by atoms with Crippen LogP contribution in [0.1, 0.15) is 39.5 Å². The summed E-state index contributed by atoms with van der Waals surface area (Å²) < 4.78 is 0. The zero-order valence-corrected chi connectivity index (χ0v) is 12.4. The number of hydrogen-bond donors (Lipinski definition) is 0. The molecule has 2 rings (SSSR count). The Labute approximate surface area is 119 Å². The molecule has 0 saturated carbocycles. The van der Waals surface area contributed by atoms with Crippen LogP contribution in [0.15, 0.2) is 6.20 Å². The molecule has 3 nitrogen and oxygen atoms in total. The van der Waals surface area contributed by atoms with Gasteiger partial charge in [-0.2, -0.15) is 4.98 Å². The Morgan fingerprint density at radius 3 is 2.39 bits per heavy atom. The lowest BCUT2D eigenvalue weighted by Gasteiger charge is -2.41. The van der Waals surface area contributed by atoms with Crippen molar-refractivity contribution in [2.45, 2.75) is 39.5 Å². The highest BCUT2D eigenvalue weighted by Crippen LogP contribution is 2.39. The lowest BCUT2D eigenvalue weighted by atomic mass is 9.74. The molecular formula is C13H19Cl2N3. The van der Waals surface area contributed by atoms with Crippen molar-refractivity contribution in [1.82, 2.24) is 9.97 Å². The second-order valence-electron chi connectivity index (χ2n) is 5.00. The zero-order chi connectivity index (χ0) is 13.2. The van der Waals surface area contributed by atoms with Crippen LogP contribution in [0.5, 0.6) is 0 Å². The largest absolute Gasteiger partial charge is 0.355 e. The summed E-state index contributed by atoms with van der Waals surface area (Å²) in [6, 6.07) is 0. The molecule has 1 saturated heterocycles. The van der Waals surface area contributed by atoms with Gasteiger partial charge in [-0.3, -0.25) is 0 Å². The molecule has 0 amide bonds. The smallest absolute Gasteiger partial charge is 0.224 e. The average molecular weight is 288 g/mol. The van der Waals surface area contributed by atoms with Gasteiger partial charge in [0.05, 0.1) is 6.20 Å². The first-order chi connectivity index (χ1) is 8.60. The van der Waals surface area contributed by atoms with Crippen LogP contribution in [0.25, 0.3) is 0 Å². The van der Waals surface area contributed by atoms with Gasteiger partial charge in [-0.05, 0) is 29.9 Å². The fourth-order valence-corrected chi connectivity index (χ4v) is 3.05. The Morgan fingerprint density at radius 2 is 1.83 bits per heavy atom. The molecular weight excluding hydrogens is 269 g/mol. The molecule has 0 aromatic carbocycles. The summed E-state index contributed by atoms with van der Waals surface area (Å²) in [7, 11) is 0. The van der Waals surface area contributed by atoms with Gasteiger partial charge in [0.2, 0.25) is 5.28 Å². The summed E-state index contributed by atoms with van der Waals surface area (Å²) in [6.07, 6.45) is 6.45. The second-order valence-corrected chi connectivity index (χ2v) is 5.75. The quantitative estimate of drug-likeness (QED) is 0.781. The summed E-state index contributed by atoms with van der Waals surface area (Å²) in [4.78, 5) is 10.4. The maximum atomic E-state index is 6.14. The van der Waals surface area contributed by atoms with Gasteiger partial charge in [0.15, 0.2) is 5.82 Å². The van der Waals surface area contributed by atoms with E-state index in [0.717, 1.165) is 18.9 Å². The Bertz CT molecular complexity index is 409. The lowest BCUT2D eigenvalue weighted by Crippen LogP contribution is -2.40. The first-order valence-electron chi connectivity index (χ1n) is 6.53. The van der Waals surface area contributed by atoms with E-state index < -0.39 is 0 Å². The van der Waals surface area contributed by atoms with E-state index in [0.29, 0.717) is 10.4 Å². The van der Waals surface area contributed by atoms with E-state index in [-0.39, 0.29) is 5.28 Å². The number of hydrogen-bond acceptors (Lipinski definition) is 3. The fourth-order valence-electron chi connectivity index (χ4n) is 2.71. The molecule has 1 fully saturated rings. The van der Waals surface area contributed by atoms with Gasteiger partial charge in [0.25, 0.3) is 0 Å². The third-order valence-corrected chi connectivity index (χ3v) is 4.77. The van der Waals surface area contributed by atoms with E-state index in [4.69, 9.17) is 23.2 Å². The van der Waals surface area contributed by atoms with Crippen molar-refractivity contribution in [3.05, 3.63) is 16.5 Å². The van der Waals surface area contributed by atoms with Gasteiger partial charge < -0.3 is 4.90 Å². The van der Waals surface area contributed by atoms with E-state index >= 15 is 0 Å². The number of rotatable bonds is 3. The fraction of sp³-hybridized carbons (Fsp3) is 0.692. The van der Waals surface area contributed by atoms with Crippen LogP contribution in [0.4, 0.5) is 5.82 Å². The SMILES string of the molecule is CCC1(CC)CCN(c2nc(Cl)ncc2Cl)CC1. The van der Waals surface area contributed by atoms with Gasteiger partial charge in [-0.1, -0.05) is 38.3 Å². The summed E-state index contributed by atoms with van der Waals surface area (Å²) in [5, 5.41) is 0.845. The van der Waals surface area contributed by atoms with Gasteiger partial charge in [0, 0.05) is 13.1 Å². The zero-order valence-electron chi connectivity index (χ0n) is 10.9. The third-order valence-electron chi connectivity index (χ3n) is 4.32. The molecule has 1 aliphatic rings. The van der Waals surface area contributed by atoms with Gasteiger partial charge >= 0.3 is 0 Å². The molecule has 18 heavy (non-hydrogen) atoms. The van der Waals surface area contributed by atoms with Gasteiger partial charge in [0.1, 0.15) is 5.02 Å². The molecule has 5 heteroatoms. The molecule has 1 aromatic heterocycles. The van der Waals surface area contributed by atoms with Crippen molar-refractivity contribution in [3.63, 3.8) is 0 Å². The van der Waals surface area contributed by atoms with E-state index in [1.54, 1.807) is 6.20 Å². The standard InChI is InChI=1S/C13H19Cl2N3/c1-3-13(4-2)5-7-18(8-6-13)11-10(14)9-16-12(15)17-11/h9H,3-8H2,1-2H3. The van der Waals surface area contributed by atoms with Crippen LogP contribution in [-0.4, -0.2) is 23.1 Å². The van der Waals surface area contributed by atoms with Gasteiger partial charge in [-0.15, -0.1) is 0 Å². The first kappa shape index (κ1) is 13.9. The second kappa shape index (κ2) is 5.62. The minimum Gasteiger partial charge on any atom is -0.355 e. The van der Waals surface area contributed by atoms with Crippen molar-refractivity contribution < 1.29 is 0 Å². The molecule has 0 bridgehead atoms. The number of anilines is 1. The average Bonchev–Trinajstić information content (AvgIpc) is 2.42. The normalized spacial score (nSPS) is 19.0. The van der Waals surface area contributed by atoms with Crippen LogP contribution < -0.4 is 4.90 Å². The van der Waals surface area contributed by atoms with E-state index in [1.807, 2.05) is 0 Å². The topological polar surface area (TPSA) is 29.0 Å². The monoisotopic (exact) mass is 287 g/mol. The predicted octanol–water partition coefficient (Wildman–Crippen LogP) is 4.19. The highest BCUT2D eigenvalue weighted by molar-refractivity contribution is 6.33. The Balaban J connectivity index is 2.12. The Morgan fingerprint density at radius 1 is 1.22 bits per heavy atom. The van der Waals surface area contributed by atoms with Crippen molar-refractivity contribution in [2.24, 2.45) is 5.41 Å². The van der Waals surface area contributed by atoms with Crippen molar-refractivity contribution in [1.29, 1.82) is 0 Å². The number of halogens is 2. The lowest BCUT2D eigenvalue weighted by molar-refractivity contribution is 0.199. The van der Waals surface area contributed by atoms with Crippen LogP contribution in [-0.2, 0) is 0 Å². The molecule has 0 unspecified atom stereocenters. The highest BCUT2D eigenvalue weighted by atomic mass is 35.5. The molecule has 1 aliphatic heterocycles. The Hall–Kier alpha value is -0.540. The van der Waals surface area contributed by atoms with E-state index in [9.17, 15) is 0 Å². The number of aromatic nitrogens is 2. The molecule has 0 N–H and O–H groups in total. The summed E-state index contributed by atoms with van der Waals surface area (Å²) in [5.74, 6) is 0.775. The van der Waals surface area contributed by atoms with E-state index in [1.165, 1.54) is 25.7 Å². The van der Waals surface area contributed by atoms with Crippen LogP contribution in [0, 0.1) is 5.41 Å². The van der Waals surface area contributed by atoms with Crippen LogP contribution in [0.2, 0.25) is 10.3 Å². The number of nitrogens with zero attached hydrogens (tertiary/aromatic N) is 3. The third kappa shape index (κ3) is 2.72. The molecule has 0 aliphatic carbocycles. The predicted molar refractivity (Wildman–Crippen MR) is 76.5 cm³/mol. The van der Waals surface area contributed by atoms with Crippen molar-refractivity contribution >= 4 is 29.0 Å². The molecule has 0 radical (unpaired) electrons. The van der Waals surface area contributed by atoms with Crippen LogP contribution >= 0.6 is 23.2 Å². The summed E-state index contributed by atoms with van der Waals surface area (Å²) >= 11 is 12.0. The number of piperidine rings is 1. The maximum absolute atomic E-state index is 6.14. The highest BCUT2D eigenvalue weighted by Gasteiger charge is 2.32. The molecule has 1 aromatic rings. The van der Waals surface area contributed by atoms with Crippen molar-refractivity contribution in [3.8, 4) is 0 Å². The Kier molecular flexibility index (Phi) is 4.33.